The zero-order valence-electron chi connectivity index (χ0n) is 10.1. The second kappa shape index (κ2) is 5.59. The number of benzene rings is 1. The average Bonchev–Trinajstić information content (AvgIpc) is 2.72. The number of aliphatic carboxylic acids is 1. The van der Waals surface area contributed by atoms with Crippen LogP contribution in [0.5, 0.6) is 0 Å². The van der Waals surface area contributed by atoms with E-state index in [0.717, 1.165) is 11.4 Å². The van der Waals surface area contributed by atoms with E-state index in [-0.39, 0.29) is 6.42 Å². The van der Waals surface area contributed by atoms with Crippen molar-refractivity contribution in [2.45, 2.75) is 19.8 Å². The van der Waals surface area contributed by atoms with Gasteiger partial charge in [0, 0.05) is 6.42 Å². The standard InChI is InChI=1S/C12H11Cl2N3O2/c1-7-11(4-5-12(18)19)15-16-17(7)8-2-3-9(13)10(14)6-8/h2-3,6H,4-5H2,1H3,(H,18,19). The van der Waals surface area contributed by atoms with Gasteiger partial charge in [0.05, 0.1) is 33.5 Å². The fourth-order valence-corrected chi connectivity index (χ4v) is 1.97. The van der Waals surface area contributed by atoms with Crippen LogP contribution < -0.4 is 0 Å². The third kappa shape index (κ3) is 3.05. The molecule has 0 fully saturated rings. The molecule has 1 aromatic heterocycles. The third-order valence-corrected chi connectivity index (χ3v) is 3.45. The smallest absolute Gasteiger partial charge is 0.303 e. The second-order valence-electron chi connectivity index (χ2n) is 4.03. The molecule has 0 aliphatic rings. The van der Waals surface area contributed by atoms with Crippen LogP contribution in [0.25, 0.3) is 5.69 Å². The molecule has 0 aliphatic carbocycles. The van der Waals surface area contributed by atoms with Crippen molar-refractivity contribution in [3.05, 3.63) is 39.6 Å². The molecule has 2 aromatic rings. The van der Waals surface area contributed by atoms with Crippen LogP contribution in [0.3, 0.4) is 0 Å². The molecule has 0 saturated heterocycles. The van der Waals surface area contributed by atoms with Gasteiger partial charge in [0.25, 0.3) is 0 Å². The lowest BCUT2D eigenvalue weighted by atomic mass is 10.2. The van der Waals surface area contributed by atoms with Crippen LogP contribution in [-0.4, -0.2) is 26.1 Å². The summed E-state index contributed by atoms with van der Waals surface area (Å²) in [6.45, 7) is 1.83. The highest BCUT2D eigenvalue weighted by Crippen LogP contribution is 2.25. The molecule has 19 heavy (non-hydrogen) atoms. The molecular formula is C12H11Cl2N3O2. The number of aryl methyl sites for hydroxylation is 1. The van der Waals surface area contributed by atoms with Gasteiger partial charge < -0.3 is 5.11 Å². The van der Waals surface area contributed by atoms with E-state index < -0.39 is 5.97 Å². The van der Waals surface area contributed by atoms with E-state index >= 15 is 0 Å². The van der Waals surface area contributed by atoms with Crippen molar-refractivity contribution in [3.63, 3.8) is 0 Å². The molecule has 7 heteroatoms. The quantitative estimate of drug-likeness (QED) is 0.942. The molecule has 1 N–H and O–H groups in total. The summed E-state index contributed by atoms with van der Waals surface area (Å²) in [5.74, 6) is -0.858. The molecule has 1 aromatic carbocycles. The molecule has 0 aliphatic heterocycles. The van der Waals surface area contributed by atoms with Gasteiger partial charge in [-0.05, 0) is 25.1 Å². The van der Waals surface area contributed by atoms with Gasteiger partial charge >= 0.3 is 5.97 Å². The van der Waals surface area contributed by atoms with Gasteiger partial charge in [0.15, 0.2) is 0 Å². The van der Waals surface area contributed by atoms with E-state index in [4.69, 9.17) is 28.3 Å². The number of hydrogen-bond donors (Lipinski definition) is 1. The molecular weight excluding hydrogens is 289 g/mol. The molecule has 0 atom stereocenters. The lowest BCUT2D eigenvalue weighted by Gasteiger charge is -2.05. The lowest BCUT2D eigenvalue weighted by molar-refractivity contribution is -0.136. The Morgan fingerprint density at radius 3 is 2.74 bits per heavy atom. The van der Waals surface area contributed by atoms with Gasteiger partial charge in [-0.2, -0.15) is 0 Å². The van der Waals surface area contributed by atoms with E-state index in [1.54, 1.807) is 22.9 Å². The van der Waals surface area contributed by atoms with E-state index in [1.807, 2.05) is 6.92 Å². The summed E-state index contributed by atoms with van der Waals surface area (Å²) in [4.78, 5) is 10.6. The normalized spacial score (nSPS) is 10.7. The van der Waals surface area contributed by atoms with Gasteiger partial charge in [-0.25, -0.2) is 4.68 Å². The Morgan fingerprint density at radius 2 is 2.11 bits per heavy atom. The van der Waals surface area contributed by atoms with E-state index in [1.165, 1.54) is 0 Å². The number of nitrogens with zero attached hydrogens (tertiary/aromatic N) is 3. The maximum absolute atomic E-state index is 10.6. The molecule has 5 nitrogen and oxygen atoms in total. The second-order valence-corrected chi connectivity index (χ2v) is 4.84. The number of carboxylic acid groups (broad SMARTS) is 1. The summed E-state index contributed by atoms with van der Waals surface area (Å²) in [5, 5.41) is 17.6. The zero-order chi connectivity index (χ0) is 14.0. The van der Waals surface area contributed by atoms with Crippen LogP contribution >= 0.6 is 23.2 Å². The van der Waals surface area contributed by atoms with Gasteiger partial charge in [-0.15, -0.1) is 5.10 Å². The fraction of sp³-hybridized carbons (Fsp3) is 0.250. The fourth-order valence-electron chi connectivity index (χ4n) is 1.68. The Kier molecular flexibility index (Phi) is 4.07. The van der Waals surface area contributed by atoms with Crippen LogP contribution in [0, 0.1) is 6.92 Å². The zero-order valence-corrected chi connectivity index (χ0v) is 11.6. The summed E-state index contributed by atoms with van der Waals surface area (Å²) >= 11 is 11.8. The third-order valence-electron chi connectivity index (χ3n) is 2.71. The molecule has 0 bridgehead atoms. The number of carbonyl (C=O) groups is 1. The Bertz CT molecular complexity index is 625. The van der Waals surface area contributed by atoms with Crippen molar-refractivity contribution in [1.82, 2.24) is 15.0 Å². The molecule has 0 saturated carbocycles. The first-order valence-electron chi connectivity index (χ1n) is 5.57. The molecule has 0 radical (unpaired) electrons. The molecule has 0 spiro atoms. The SMILES string of the molecule is Cc1c(CCC(=O)O)nnn1-c1ccc(Cl)c(Cl)c1. The summed E-state index contributed by atoms with van der Waals surface area (Å²) < 4.78 is 1.61. The highest BCUT2D eigenvalue weighted by atomic mass is 35.5. The Hall–Kier alpha value is -1.59. The molecule has 0 unspecified atom stereocenters. The first-order chi connectivity index (χ1) is 8.99. The summed E-state index contributed by atoms with van der Waals surface area (Å²) in [7, 11) is 0. The average molecular weight is 300 g/mol. The monoisotopic (exact) mass is 299 g/mol. The van der Waals surface area contributed by atoms with Gasteiger partial charge in [-0.1, -0.05) is 28.4 Å². The summed E-state index contributed by atoms with van der Waals surface area (Å²) in [6, 6.07) is 5.14. The molecule has 0 amide bonds. The molecule has 100 valence electrons. The van der Waals surface area contributed by atoms with Gasteiger partial charge in [-0.3, -0.25) is 4.79 Å². The van der Waals surface area contributed by atoms with Gasteiger partial charge in [0.2, 0.25) is 0 Å². The number of aromatic nitrogens is 3. The highest BCUT2D eigenvalue weighted by Gasteiger charge is 2.12. The predicted molar refractivity (Wildman–Crippen MR) is 72.1 cm³/mol. The predicted octanol–water partition coefficient (Wildman–Crippen LogP) is 2.90. The van der Waals surface area contributed by atoms with E-state index in [0.29, 0.717) is 22.2 Å². The highest BCUT2D eigenvalue weighted by molar-refractivity contribution is 6.42. The minimum Gasteiger partial charge on any atom is -0.481 e. The number of hydrogen-bond acceptors (Lipinski definition) is 3. The minimum atomic E-state index is -0.858. The van der Waals surface area contributed by atoms with Gasteiger partial charge in [0.1, 0.15) is 0 Å². The van der Waals surface area contributed by atoms with Crippen molar-refractivity contribution in [1.29, 1.82) is 0 Å². The molecule has 1 heterocycles. The van der Waals surface area contributed by atoms with Crippen molar-refractivity contribution >= 4 is 29.2 Å². The Balaban J connectivity index is 2.30. The Labute approximate surface area is 119 Å². The Morgan fingerprint density at radius 1 is 1.37 bits per heavy atom. The maximum atomic E-state index is 10.6. The number of halogens is 2. The van der Waals surface area contributed by atoms with E-state index in [9.17, 15) is 4.79 Å². The van der Waals surface area contributed by atoms with Crippen molar-refractivity contribution in [3.8, 4) is 5.69 Å². The van der Waals surface area contributed by atoms with Crippen LogP contribution in [0.15, 0.2) is 18.2 Å². The summed E-state index contributed by atoms with van der Waals surface area (Å²) in [6.07, 6.45) is 0.378. The van der Waals surface area contributed by atoms with Crippen molar-refractivity contribution in [2.24, 2.45) is 0 Å². The first-order valence-corrected chi connectivity index (χ1v) is 6.33. The van der Waals surface area contributed by atoms with Crippen molar-refractivity contribution in [2.75, 3.05) is 0 Å². The number of rotatable bonds is 4. The van der Waals surface area contributed by atoms with Crippen LogP contribution in [-0.2, 0) is 11.2 Å². The first kappa shape index (κ1) is 13.8. The number of carboxylic acids is 1. The molecule has 2 rings (SSSR count). The largest absolute Gasteiger partial charge is 0.481 e. The van der Waals surface area contributed by atoms with Crippen LogP contribution in [0.2, 0.25) is 10.0 Å². The van der Waals surface area contributed by atoms with Crippen LogP contribution in [0.1, 0.15) is 17.8 Å². The minimum absolute atomic E-state index is 0.0287. The van der Waals surface area contributed by atoms with E-state index in [2.05, 4.69) is 10.3 Å². The van der Waals surface area contributed by atoms with Crippen LogP contribution in [0.4, 0.5) is 0 Å². The maximum Gasteiger partial charge on any atom is 0.303 e. The van der Waals surface area contributed by atoms with Crippen molar-refractivity contribution < 1.29 is 9.90 Å². The summed E-state index contributed by atoms with van der Waals surface area (Å²) in [5.41, 5.74) is 2.19. The topological polar surface area (TPSA) is 68.0 Å². The lowest BCUT2D eigenvalue weighted by Crippen LogP contribution is -2.01.